The number of imidazole rings is 1. The van der Waals surface area contributed by atoms with E-state index < -0.39 is 0 Å². The maximum atomic E-state index is 5.74. The maximum absolute atomic E-state index is 5.74. The Bertz CT molecular complexity index is 580. The van der Waals surface area contributed by atoms with Gasteiger partial charge in [0.1, 0.15) is 5.82 Å². The number of hydrogen-bond donors (Lipinski definition) is 1. The fourth-order valence-corrected chi connectivity index (χ4v) is 2.69. The molecule has 1 N–H and O–H groups in total. The van der Waals surface area contributed by atoms with Crippen LogP contribution in [0, 0.1) is 0 Å². The van der Waals surface area contributed by atoms with Gasteiger partial charge in [0, 0.05) is 26.7 Å². The summed E-state index contributed by atoms with van der Waals surface area (Å²) < 4.78 is 7.89. The molecule has 5 nitrogen and oxygen atoms in total. The van der Waals surface area contributed by atoms with Crippen molar-refractivity contribution in [1.29, 1.82) is 0 Å². The Balaban J connectivity index is 1.58. The summed E-state index contributed by atoms with van der Waals surface area (Å²) in [7, 11) is 4.21. The Labute approximate surface area is 119 Å². The van der Waals surface area contributed by atoms with Gasteiger partial charge >= 0.3 is 0 Å². The first-order valence-electron chi connectivity index (χ1n) is 7.15. The average molecular weight is 274 g/mol. The maximum Gasteiger partial charge on any atom is 0.123 e. The van der Waals surface area contributed by atoms with Crippen LogP contribution in [0.2, 0.25) is 0 Å². The number of aryl methyl sites for hydroxylation is 1. The lowest BCUT2D eigenvalue weighted by Crippen LogP contribution is -2.44. The average Bonchev–Trinajstić information content (AvgIpc) is 2.76. The minimum atomic E-state index is 0.281. The van der Waals surface area contributed by atoms with Gasteiger partial charge in [0.15, 0.2) is 0 Å². The van der Waals surface area contributed by atoms with E-state index in [1.54, 1.807) is 0 Å². The quantitative estimate of drug-likeness (QED) is 0.903. The lowest BCUT2D eigenvalue weighted by molar-refractivity contribution is -0.0183. The highest BCUT2D eigenvalue weighted by Gasteiger charge is 2.17. The molecule has 2 heterocycles. The predicted molar refractivity (Wildman–Crippen MR) is 79.7 cm³/mol. The van der Waals surface area contributed by atoms with Gasteiger partial charge in [0.05, 0.1) is 30.3 Å². The number of likely N-dealkylation sites (N-methyl/N-ethyl adjacent to an activating group) is 1. The molecular formula is C15H22N4O. The highest BCUT2D eigenvalue weighted by molar-refractivity contribution is 5.75. The second-order valence-corrected chi connectivity index (χ2v) is 5.46. The molecule has 1 saturated heterocycles. The number of fused-ring (bicyclic) bond motifs is 1. The zero-order valence-electron chi connectivity index (χ0n) is 12.2. The van der Waals surface area contributed by atoms with E-state index in [1.165, 1.54) is 5.52 Å². The number of rotatable bonds is 4. The fourth-order valence-electron chi connectivity index (χ4n) is 2.69. The molecule has 2 aromatic rings. The van der Waals surface area contributed by atoms with Crippen LogP contribution in [0.5, 0.6) is 0 Å². The molecule has 20 heavy (non-hydrogen) atoms. The molecule has 0 bridgehead atoms. The molecule has 1 fully saturated rings. The van der Waals surface area contributed by atoms with Crippen LogP contribution in [0.3, 0.4) is 0 Å². The highest BCUT2D eigenvalue weighted by Crippen LogP contribution is 2.14. The number of ether oxygens (including phenoxy) is 1. The van der Waals surface area contributed by atoms with Crippen molar-refractivity contribution in [1.82, 2.24) is 19.8 Å². The molecule has 0 radical (unpaired) electrons. The van der Waals surface area contributed by atoms with Gasteiger partial charge < -0.3 is 19.5 Å². The third-order valence-corrected chi connectivity index (χ3v) is 3.88. The number of aromatic nitrogens is 2. The molecule has 1 unspecified atom stereocenters. The Morgan fingerprint density at radius 2 is 2.20 bits per heavy atom. The summed E-state index contributed by atoms with van der Waals surface area (Å²) in [5.41, 5.74) is 2.23. The van der Waals surface area contributed by atoms with E-state index in [0.717, 1.165) is 44.1 Å². The van der Waals surface area contributed by atoms with Crippen molar-refractivity contribution in [3.63, 3.8) is 0 Å². The van der Waals surface area contributed by atoms with E-state index in [9.17, 15) is 0 Å². The molecule has 1 aromatic heterocycles. The zero-order valence-corrected chi connectivity index (χ0v) is 12.2. The van der Waals surface area contributed by atoms with E-state index in [-0.39, 0.29) is 6.10 Å². The van der Waals surface area contributed by atoms with Crippen LogP contribution in [0.1, 0.15) is 5.82 Å². The summed E-state index contributed by atoms with van der Waals surface area (Å²) in [5.74, 6) is 1.07. The molecule has 0 amide bonds. The second-order valence-electron chi connectivity index (χ2n) is 5.46. The molecule has 1 atom stereocenters. The van der Waals surface area contributed by atoms with Gasteiger partial charge in [0.2, 0.25) is 0 Å². The number of nitrogens with one attached hydrogen (secondary N) is 1. The van der Waals surface area contributed by atoms with Gasteiger partial charge in [-0.05, 0) is 19.2 Å². The Kier molecular flexibility index (Phi) is 4.00. The number of benzene rings is 1. The van der Waals surface area contributed by atoms with Crippen LogP contribution in [0.25, 0.3) is 11.0 Å². The molecule has 1 aromatic carbocycles. The summed E-state index contributed by atoms with van der Waals surface area (Å²) in [4.78, 5) is 6.97. The van der Waals surface area contributed by atoms with Gasteiger partial charge in [0.25, 0.3) is 0 Å². The topological polar surface area (TPSA) is 42.3 Å². The largest absolute Gasteiger partial charge is 0.374 e. The van der Waals surface area contributed by atoms with Gasteiger partial charge in [-0.1, -0.05) is 12.1 Å². The van der Waals surface area contributed by atoms with Crippen molar-refractivity contribution in [2.75, 3.05) is 33.3 Å². The summed E-state index contributed by atoms with van der Waals surface area (Å²) in [6, 6.07) is 8.23. The smallest absolute Gasteiger partial charge is 0.123 e. The van der Waals surface area contributed by atoms with Crippen molar-refractivity contribution in [2.45, 2.75) is 12.6 Å². The molecular weight excluding hydrogens is 252 g/mol. The first-order chi connectivity index (χ1) is 9.74. The monoisotopic (exact) mass is 274 g/mol. The molecule has 0 spiro atoms. The second kappa shape index (κ2) is 5.91. The Hall–Kier alpha value is -1.43. The molecule has 1 aliphatic heterocycles. The Morgan fingerprint density at radius 1 is 1.35 bits per heavy atom. The van der Waals surface area contributed by atoms with E-state index in [4.69, 9.17) is 4.74 Å². The summed E-state index contributed by atoms with van der Waals surface area (Å²) in [5, 5.41) is 3.46. The van der Waals surface area contributed by atoms with Gasteiger partial charge in [-0.25, -0.2) is 4.98 Å². The van der Waals surface area contributed by atoms with E-state index in [1.807, 2.05) is 12.1 Å². The van der Waals surface area contributed by atoms with Gasteiger partial charge in [-0.3, -0.25) is 0 Å². The first-order valence-corrected chi connectivity index (χ1v) is 7.15. The third-order valence-electron chi connectivity index (χ3n) is 3.88. The lowest BCUT2D eigenvalue weighted by Gasteiger charge is -2.30. The number of nitrogens with zero attached hydrogens (tertiary/aromatic N) is 3. The van der Waals surface area contributed by atoms with E-state index >= 15 is 0 Å². The van der Waals surface area contributed by atoms with E-state index in [0.29, 0.717) is 0 Å². The summed E-state index contributed by atoms with van der Waals surface area (Å²) >= 11 is 0. The van der Waals surface area contributed by atoms with E-state index in [2.05, 4.69) is 46.0 Å². The molecule has 0 saturated carbocycles. The minimum absolute atomic E-state index is 0.281. The van der Waals surface area contributed by atoms with Crippen molar-refractivity contribution < 1.29 is 4.74 Å². The van der Waals surface area contributed by atoms with Crippen molar-refractivity contribution >= 4 is 11.0 Å². The van der Waals surface area contributed by atoms with Crippen molar-refractivity contribution in [2.24, 2.45) is 7.05 Å². The van der Waals surface area contributed by atoms with Crippen LogP contribution in [-0.4, -0.2) is 53.8 Å². The minimum Gasteiger partial charge on any atom is -0.374 e. The summed E-state index contributed by atoms with van der Waals surface area (Å²) in [6.45, 7) is 4.49. The number of hydrogen-bond acceptors (Lipinski definition) is 4. The van der Waals surface area contributed by atoms with Crippen LogP contribution in [0.4, 0.5) is 0 Å². The normalized spacial score (nSPS) is 20.6. The molecule has 108 valence electrons. The first kappa shape index (κ1) is 13.5. The fraction of sp³-hybridized carbons (Fsp3) is 0.533. The van der Waals surface area contributed by atoms with Gasteiger partial charge in [-0.15, -0.1) is 0 Å². The molecule has 5 heteroatoms. The predicted octanol–water partition coefficient (Wildman–Crippen LogP) is 0.993. The van der Waals surface area contributed by atoms with Crippen molar-refractivity contribution in [3.8, 4) is 0 Å². The zero-order chi connectivity index (χ0) is 13.9. The van der Waals surface area contributed by atoms with Crippen LogP contribution < -0.4 is 5.32 Å². The third kappa shape index (κ3) is 2.85. The lowest BCUT2D eigenvalue weighted by atomic mass is 10.3. The van der Waals surface area contributed by atoms with Crippen LogP contribution in [0.15, 0.2) is 24.3 Å². The number of morpholine rings is 1. The number of para-hydroxylation sites is 2. The Morgan fingerprint density at radius 3 is 3.00 bits per heavy atom. The molecule has 3 rings (SSSR count). The van der Waals surface area contributed by atoms with Crippen LogP contribution in [-0.2, 0) is 18.3 Å². The highest BCUT2D eigenvalue weighted by atomic mass is 16.5. The van der Waals surface area contributed by atoms with Crippen molar-refractivity contribution in [3.05, 3.63) is 30.1 Å². The molecule has 0 aliphatic carbocycles. The van der Waals surface area contributed by atoms with Gasteiger partial charge in [-0.2, -0.15) is 0 Å². The summed E-state index contributed by atoms with van der Waals surface area (Å²) in [6.07, 6.45) is 0.281. The molecule has 1 aliphatic rings. The van der Waals surface area contributed by atoms with Crippen LogP contribution >= 0.6 is 0 Å². The SMILES string of the molecule is CN1CCOC(CNCc2nc3ccccc3n2C)C1. The standard InChI is InChI=1S/C15H22N4O/c1-18-7-8-20-12(11-18)9-16-10-15-17-13-5-3-4-6-14(13)19(15)2/h3-6,12,16H,7-11H2,1-2H3.